The van der Waals surface area contributed by atoms with Gasteiger partial charge in [0.2, 0.25) is 0 Å². The average molecular weight is 285 g/mol. The van der Waals surface area contributed by atoms with Crippen LogP contribution in [-0.4, -0.2) is 5.91 Å². The van der Waals surface area contributed by atoms with Gasteiger partial charge in [-0.25, -0.2) is 0 Å². The smallest absolute Gasteiger partial charge is 0.256 e. The van der Waals surface area contributed by atoms with E-state index in [-0.39, 0.29) is 5.91 Å². The van der Waals surface area contributed by atoms with Gasteiger partial charge in [-0.15, -0.1) is 11.3 Å². The van der Waals surface area contributed by atoms with Gasteiger partial charge in [0.25, 0.3) is 5.91 Å². The van der Waals surface area contributed by atoms with Crippen molar-refractivity contribution < 1.29 is 4.79 Å². The van der Waals surface area contributed by atoms with Gasteiger partial charge in [-0.2, -0.15) is 0 Å². The molecule has 0 saturated carbocycles. The predicted molar refractivity (Wildman–Crippen MR) is 87.2 cm³/mol. The number of rotatable bonds is 4. The number of amides is 1. The lowest BCUT2D eigenvalue weighted by Crippen LogP contribution is -2.11. The maximum Gasteiger partial charge on any atom is 0.256 e. The molecule has 1 N–H and O–H groups in total. The highest BCUT2D eigenvalue weighted by molar-refractivity contribution is 7.14. The number of carbonyl (C=O) groups excluding carboxylic acids is 1. The third-order valence-electron chi connectivity index (χ3n) is 2.94. The summed E-state index contributed by atoms with van der Waals surface area (Å²) in [5.74, 6) is 0.430. The van der Waals surface area contributed by atoms with Crippen molar-refractivity contribution in [3.05, 3.63) is 59.0 Å². The number of nitrogens with one attached hydrogen (secondary N) is 1. The number of hydrogen-bond acceptors (Lipinski definition) is 2. The summed E-state index contributed by atoms with van der Waals surface area (Å²) in [5.41, 5.74) is 2.98. The van der Waals surface area contributed by atoms with Gasteiger partial charge in [-0.05, 0) is 42.0 Å². The van der Waals surface area contributed by atoms with Crippen molar-refractivity contribution >= 4 is 27.8 Å². The number of anilines is 1. The number of benzene rings is 1. The zero-order valence-electron chi connectivity index (χ0n) is 12.0. The molecule has 1 aromatic heterocycles. The minimum atomic E-state index is -0.0633. The van der Waals surface area contributed by atoms with Crippen LogP contribution in [0.2, 0.25) is 0 Å². The Hall–Kier alpha value is -1.87. The summed E-state index contributed by atoms with van der Waals surface area (Å²) in [6.45, 7) is 6.39. The maximum atomic E-state index is 12.2. The molecule has 20 heavy (non-hydrogen) atoms. The van der Waals surface area contributed by atoms with Crippen LogP contribution in [0.15, 0.2) is 47.9 Å². The fourth-order valence-corrected chi connectivity index (χ4v) is 2.92. The van der Waals surface area contributed by atoms with Gasteiger partial charge in [-0.3, -0.25) is 4.79 Å². The molecule has 3 heteroatoms. The molecular weight excluding hydrogens is 266 g/mol. The van der Waals surface area contributed by atoms with Crippen molar-refractivity contribution in [2.45, 2.75) is 20.8 Å². The van der Waals surface area contributed by atoms with Crippen LogP contribution in [0, 0.1) is 5.92 Å². The largest absolute Gasteiger partial charge is 0.313 e. The SMILES string of the molecule is C/C(=C/C(C)C)c1ccsc1NC(=O)c1ccccc1. The van der Waals surface area contributed by atoms with E-state index in [2.05, 4.69) is 38.2 Å². The lowest BCUT2D eigenvalue weighted by Gasteiger charge is -2.08. The molecule has 0 aliphatic heterocycles. The lowest BCUT2D eigenvalue weighted by molar-refractivity contribution is 0.102. The van der Waals surface area contributed by atoms with Gasteiger partial charge in [0, 0.05) is 11.1 Å². The van der Waals surface area contributed by atoms with Crippen LogP contribution < -0.4 is 5.32 Å². The Morgan fingerprint density at radius 1 is 1.20 bits per heavy atom. The summed E-state index contributed by atoms with van der Waals surface area (Å²) in [7, 11) is 0. The van der Waals surface area contributed by atoms with E-state index in [0.717, 1.165) is 10.6 Å². The fourth-order valence-electron chi connectivity index (χ4n) is 2.07. The van der Waals surface area contributed by atoms with Crippen LogP contribution in [0.4, 0.5) is 5.00 Å². The molecule has 104 valence electrons. The Kier molecular flexibility index (Phi) is 4.74. The predicted octanol–water partition coefficient (Wildman–Crippen LogP) is 5.06. The number of allylic oxidation sites excluding steroid dienone is 2. The Balaban J connectivity index is 2.20. The van der Waals surface area contributed by atoms with E-state index in [1.807, 2.05) is 35.7 Å². The first kappa shape index (κ1) is 14.5. The molecule has 1 aromatic carbocycles. The Morgan fingerprint density at radius 2 is 1.90 bits per heavy atom. The zero-order valence-corrected chi connectivity index (χ0v) is 12.8. The van der Waals surface area contributed by atoms with Crippen LogP contribution >= 0.6 is 11.3 Å². The highest BCUT2D eigenvalue weighted by Crippen LogP contribution is 2.30. The topological polar surface area (TPSA) is 29.1 Å². The molecule has 0 aliphatic carbocycles. The highest BCUT2D eigenvalue weighted by atomic mass is 32.1. The zero-order chi connectivity index (χ0) is 14.5. The minimum Gasteiger partial charge on any atom is -0.313 e. The van der Waals surface area contributed by atoms with Crippen LogP contribution in [0.3, 0.4) is 0 Å². The molecule has 2 nitrogen and oxygen atoms in total. The summed E-state index contributed by atoms with van der Waals surface area (Å²) in [4.78, 5) is 12.2. The summed E-state index contributed by atoms with van der Waals surface area (Å²) < 4.78 is 0. The van der Waals surface area contributed by atoms with E-state index >= 15 is 0 Å². The molecule has 1 amide bonds. The summed E-state index contributed by atoms with van der Waals surface area (Å²) in [6.07, 6.45) is 2.21. The molecule has 0 radical (unpaired) electrons. The second-order valence-corrected chi connectivity index (χ2v) is 5.99. The van der Waals surface area contributed by atoms with Gasteiger partial charge >= 0.3 is 0 Å². The molecule has 0 unspecified atom stereocenters. The lowest BCUT2D eigenvalue weighted by atomic mass is 10.1. The van der Waals surface area contributed by atoms with E-state index in [0.29, 0.717) is 11.5 Å². The van der Waals surface area contributed by atoms with E-state index in [1.54, 1.807) is 11.3 Å². The van der Waals surface area contributed by atoms with Gasteiger partial charge < -0.3 is 5.32 Å². The summed E-state index contributed by atoms with van der Waals surface area (Å²) in [5, 5.41) is 5.92. The molecule has 2 aromatic rings. The third-order valence-corrected chi connectivity index (χ3v) is 3.77. The summed E-state index contributed by atoms with van der Waals surface area (Å²) >= 11 is 1.56. The second kappa shape index (κ2) is 6.53. The first-order valence-electron chi connectivity index (χ1n) is 6.70. The normalized spacial score (nSPS) is 11.7. The van der Waals surface area contributed by atoms with E-state index in [9.17, 15) is 4.79 Å². The molecular formula is C17H19NOS. The number of carbonyl (C=O) groups is 1. The Morgan fingerprint density at radius 3 is 2.55 bits per heavy atom. The average Bonchev–Trinajstić information content (AvgIpc) is 2.87. The van der Waals surface area contributed by atoms with Crippen molar-refractivity contribution in [3.63, 3.8) is 0 Å². The standard InChI is InChI=1S/C17H19NOS/c1-12(2)11-13(3)15-9-10-20-17(15)18-16(19)14-7-5-4-6-8-14/h4-12H,1-3H3,(H,18,19)/b13-11-. The molecule has 0 saturated heterocycles. The van der Waals surface area contributed by atoms with Crippen LogP contribution in [0.1, 0.15) is 36.7 Å². The van der Waals surface area contributed by atoms with E-state index < -0.39 is 0 Å². The van der Waals surface area contributed by atoms with E-state index in [4.69, 9.17) is 0 Å². The number of thiophene rings is 1. The first-order valence-corrected chi connectivity index (χ1v) is 7.58. The van der Waals surface area contributed by atoms with Gasteiger partial charge in [0.1, 0.15) is 5.00 Å². The third kappa shape index (κ3) is 3.58. The highest BCUT2D eigenvalue weighted by Gasteiger charge is 2.11. The van der Waals surface area contributed by atoms with Crippen LogP contribution in [0.5, 0.6) is 0 Å². The van der Waals surface area contributed by atoms with Crippen molar-refractivity contribution in [2.24, 2.45) is 5.92 Å². The molecule has 0 aliphatic rings. The molecule has 0 atom stereocenters. The van der Waals surface area contributed by atoms with Crippen molar-refractivity contribution in [1.29, 1.82) is 0 Å². The van der Waals surface area contributed by atoms with Crippen molar-refractivity contribution in [1.82, 2.24) is 0 Å². The number of hydrogen-bond donors (Lipinski definition) is 1. The van der Waals surface area contributed by atoms with E-state index in [1.165, 1.54) is 5.57 Å². The quantitative estimate of drug-likeness (QED) is 0.835. The summed E-state index contributed by atoms with van der Waals surface area (Å²) in [6, 6.07) is 11.3. The Labute approximate surface area is 124 Å². The second-order valence-electron chi connectivity index (χ2n) is 5.08. The van der Waals surface area contributed by atoms with Gasteiger partial charge in [-0.1, -0.05) is 38.1 Å². The molecule has 2 rings (SSSR count). The minimum absolute atomic E-state index is 0.0633. The van der Waals surface area contributed by atoms with Gasteiger partial charge in [0.15, 0.2) is 0 Å². The molecule has 0 spiro atoms. The maximum absolute atomic E-state index is 12.2. The molecule has 1 heterocycles. The first-order chi connectivity index (χ1) is 9.58. The van der Waals surface area contributed by atoms with Crippen LogP contribution in [0.25, 0.3) is 5.57 Å². The molecule has 0 bridgehead atoms. The van der Waals surface area contributed by atoms with Crippen molar-refractivity contribution in [3.8, 4) is 0 Å². The fraction of sp³-hybridized carbons (Fsp3) is 0.235. The van der Waals surface area contributed by atoms with Crippen LogP contribution in [-0.2, 0) is 0 Å². The Bertz CT molecular complexity index is 611. The molecule has 0 fully saturated rings. The van der Waals surface area contributed by atoms with Crippen molar-refractivity contribution in [2.75, 3.05) is 5.32 Å². The monoisotopic (exact) mass is 285 g/mol. The van der Waals surface area contributed by atoms with Gasteiger partial charge in [0.05, 0.1) is 0 Å².